The molecule has 1 rings (SSSR count). The zero-order valence-electron chi connectivity index (χ0n) is 10.0. The molecular weight excluding hydrogens is 186 g/mol. The van der Waals surface area contributed by atoms with E-state index < -0.39 is 0 Å². The van der Waals surface area contributed by atoms with Gasteiger partial charge in [-0.1, -0.05) is 27.7 Å². The number of nitrogen functional groups attached to an aromatic ring is 1. The van der Waals surface area contributed by atoms with Crippen molar-refractivity contribution in [3.63, 3.8) is 0 Å². The highest BCUT2D eigenvalue weighted by Gasteiger charge is 2.21. The van der Waals surface area contributed by atoms with Gasteiger partial charge in [-0.15, -0.1) is 0 Å². The number of rotatable bonds is 4. The first kappa shape index (κ1) is 11.8. The molecule has 84 valence electrons. The van der Waals surface area contributed by atoms with Crippen molar-refractivity contribution in [2.45, 2.75) is 27.7 Å². The second kappa shape index (κ2) is 4.51. The number of nitrogens with one attached hydrogen (secondary N) is 1. The molecule has 0 spiro atoms. The maximum Gasteiger partial charge on any atom is 0.127 e. The van der Waals surface area contributed by atoms with Crippen molar-refractivity contribution < 1.29 is 0 Å². The third-order valence-corrected chi connectivity index (χ3v) is 3.07. The van der Waals surface area contributed by atoms with E-state index in [0.717, 1.165) is 18.1 Å². The smallest absolute Gasteiger partial charge is 0.127 e. The lowest BCUT2D eigenvalue weighted by Crippen LogP contribution is -2.28. The quantitative estimate of drug-likeness (QED) is 0.798. The SMILES string of the molecule is CC(C)C(C)(C)CNc1cc(N)ccn1. The molecule has 1 aromatic rings. The predicted octanol–water partition coefficient (Wildman–Crippen LogP) is 2.76. The largest absolute Gasteiger partial charge is 0.399 e. The highest BCUT2D eigenvalue weighted by atomic mass is 15.0. The van der Waals surface area contributed by atoms with Crippen molar-refractivity contribution in [2.24, 2.45) is 11.3 Å². The average molecular weight is 207 g/mol. The van der Waals surface area contributed by atoms with Gasteiger partial charge in [0.05, 0.1) is 0 Å². The van der Waals surface area contributed by atoms with Gasteiger partial charge in [0.25, 0.3) is 0 Å². The molecule has 1 aromatic heterocycles. The summed E-state index contributed by atoms with van der Waals surface area (Å²) >= 11 is 0. The monoisotopic (exact) mass is 207 g/mol. The molecule has 0 bridgehead atoms. The van der Waals surface area contributed by atoms with Crippen LogP contribution >= 0.6 is 0 Å². The van der Waals surface area contributed by atoms with Gasteiger partial charge in [0.15, 0.2) is 0 Å². The number of nitrogens with two attached hydrogens (primary N) is 1. The molecule has 3 heteroatoms. The van der Waals surface area contributed by atoms with E-state index in [-0.39, 0.29) is 5.41 Å². The molecule has 0 unspecified atom stereocenters. The Bertz CT molecular complexity index is 318. The fourth-order valence-corrected chi connectivity index (χ4v) is 1.07. The first-order valence-electron chi connectivity index (χ1n) is 5.37. The van der Waals surface area contributed by atoms with Crippen LogP contribution in [0.4, 0.5) is 11.5 Å². The second-order valence-electron chi connectivity index (χ2n) is 4.97. The molecule has 0 fully saturated rings. The molecule has 15 heavy (non-hydrogen) atoms. The Morgan fingerprint density at radius 1 is 1.47 bits per heavy atom. The molecule has 0 aliphatic carbocycles. The summed E-state index contributed by atoms with van der Waals surface area (Å²) in [7, 11) is 0. The van der Waals surface area contributed by atoms with Crippen molar-refractivity contribution in [1.82, 2.24) is 4.98 Å². The van der Waals surface area contributed by atoms with E-state index in [2.05, 4.69) is 38.0 Å². The molecule has 0 amide bonds. The minimum Gasteiger partial charge on any atom is -0.399 e. The highest BCUT2D eigenvalue weighted by molar-refractivity contribution is 5.48. The van der Waals surface area contributed by atoms with E-state index in [1.165, 1.54) is 0 Å². The summed E-state index contributed by atoms with van der Waals surface area (Å²) in [4.78, 5) is 4.21. The summed E-state index contributed by atoms with van der Waals surface area (Å²) in [5.41, 5.74) is 6.68. The molecule has 0 saturated carbocycles. The Morgan fingerprint density at radius 2 is 2.13 bits per heavy atom. The Hall–Kier alpha value is -1.25. The zero-order chi connectivity index (χ0) is 11.5. The third-order valence-electron chi connectivity index (χ3n) is 3.07. The van der Waals surface area contributed by atoms with Crippen molar-refractivity contribution in [1.29, 1.82) is 0 Å². The van der Waals surface area contributed by atoms with Gasteiger partial charge >= 0.3 is 0 Å². The molecule has 3 nitrogen and oxygen atoms in total. The summed E-state index contributed by atoms with van der Waals surface area (Å²) in [5.74, 6) is 1.48. The van der Waals surface area contributed by atoms with Crippen LogP contribution in [0, 0.1) is 11.3 Å². The lowest BCUT2D eigenvalue weighted by atomic mass is 9.81. The number of hydrogen-bond acceptors (Lipinski definition) is 3. The van der Waals surface area contributed by atoms with Crippen LogP contribution in [0.3, 0.4) is 0 Å². The summed E-state index contributed by atoms with van der Waals surface area (Å²) in [6.07, 6.45) is 1.72. The van der Waals surface area contributed by atoms with Crippen molar-refractivity contribution >= 4 is 11.5 Å². The van der Waals surface area contributed by atoms with Gasteiger partial charge in [-0.25, -0.2) is 4.98 Å². The van der Waals surface area contributed by atoms with Crippen molar-refractivity contribution in [3.05, 3.63) is 18.3 Å². The van der Waals surface area contributed by atoms with Gasteiger partial charge in [-0.05, 0) is 17.4 Å². The lowest BCUT2D eigenvalue weighted by molar-refractivity contribution is 0.269. The molecule has 0 radical (unpaired) electrons. The number of pyridine rings is 1. The maximum absolute atomic E-state index is 5.68. The Balaban J connectivity index is 2.57. The number of aromatic nitrogens is 1. The van der Waals surface area contributed by atoms with Gasteiger partial charge < -0.3 is 11.1 Å². The van der Waals surface area contributed by atoms with E-state index in [0.29, 0.717) is 5.92 Å². The normalized spacial score (nSPS) is 11.8. The molecule has 0 aliphatic heterocycles. The lowest BCUT2D eigenvalue weighted by Gasteiger charge is -2.29. The van der Waals surface area contributed by atoms with Crippen LogP contribution in [0.25, 0.3) is 0 Å². The van der Waals surface area contributed by atoms with Crippen LogP contribution in [-0.4, -0.2) is 11.5 Å². The van der Waals surface area contributed by atoms with Crippen molar-refractivity contribution in [3.8, 4) is 0 Å². The van der Waals surface area contributed by atoms with Crippen LogP contribution in [0.5, 0.6) is 0 Å². The van der Waals surface area contributed by atoms with Gasteiger partial charge in [0.2, 0.25) is 0 Å². The molecule has 1 heterocycles. The van der Waals surface area contributed by atoms with Crippen LogP contribution < -0.4 is 11.1 Å². The van der Waals surface area contributed by atoms with Gasteiger partial charge in [-0.3, -0.25) is 0 Å². The van der Waals surface area contributed by atoms with E-state index in [9.17, 15) is 0 Å². The second-order valence-corrected chi connectivity index (χ2v) is 4.97. The summed E-state index contributed by atoms with van der Waals surface area (Å²) in [6.45, 7) is 9.86. The Labute approximate surface area is 92.1 Å². The first-order valence-corrected chi connectivity index (χ1v) is 5.37. The number of nitrogens with zero attached hydrogens (tertiary/aromatic N) is 1. The van der Waals surface area contributed by atoms with Gasteiger partial charge in [-0.2, -0.15) is 0 Å². The molecule has 0 aliphatic rings. The molecule has 0 saturated heterocycles. The average Bonchev–Trinajstić information content (AvgIpc) is 2.15. The standard InChI is InChI=1S/C12H21N3/c1-9(2)12(3,4)8-15-11-7-10(13)5-6-14-11/h5-7,9H,8H2,1-4H3,(H3,13,14,15). The fourth-order valence-electron chi connectivity index (χ4n) is 1.07. The van der Waals surface area contributed by atoms with Crippen molar-refractivity contribution in [2.75, 3.05) is 17.6 Å². The minimum absolute atomic E-state index is 0.256. The van der Waals surface area contributed by atoms with Gasteiger partial charge in [0, 0.05) is 24.5 Å². The Morgan fingerprint density at radius 3 is 2.67 bits per heavy atom. The molecule has 0 aromatic carbocycles. The van der Waals surface area contributed by atoms with E-state index in [1.54, 1.807) is 12.3 Å². The molecular formula is C12H21N3. The van der Waals surface area contributed by atoms with E-state index in [1.807, 2.05) is 6.07 Å². The highest BCUT2D eigenvalue weighted by Crippen LogP contribution is 2.26. The predicted molar refractivity (Wildman–Crippen MR) is 65.8 cm³/mol. The summed E-state index contributed by atoms with van der Waals surface area (Å²) in [6, 6.07) is 3.65. The summed E-state index contributed by atoms with van der Waals surface area (Å²) < 4.78 is 0. The number of hydrogen-bond donors (Lipinski definition) is 2. The van der Waals surface area contributed by atoms with Crippen LogP contribution in [-0.2, 0) is 0 Å². The molecule has 0 atom stereocenters. The summed E-state index contributed by atoms with van der Waals surface area (Å²) in [5, 5.41) is 3.32. The zero-order valence-corrected chi connectivity index (χ0v) is 10.0. The van der Waals surface area contributed by atoms with Crippen LogP contribution in [0.15, 0.2) is 18.3 Å². The van der Waals surface area contributed by atoms with E-state index in [4.69, 9.17) is 5.73 Å². The minimum atomic E-state index is 0.256. The van der Waals surface area contributed by atoms with Gasteiger partial charge in [0.1, 0.15) is 5.82 Å². The third kappa shape index (κ3) is 3.42. The topological polar surface area (TPSA) is 50.9 Å². The maximum atomic E-state index is 5.68. The van der Waals surface area contributed by atoms with Crippen LogP contribution in [0.1, 0.15) is 27.7 Å². The van der Waals surface area contributed by atoms with Crippen LogP contribution in [0.2, 0.25) is 0 Å². The molecule has 3 N–H and O–H groups in total. The fraction of sp³-hybridized carbons (Fsp3) is 0.583. The first-order chi connectivity index (χ1) is 6.92. The Kier molecular flexibility index (Phi) is 3.56. The van der Waals surface area contributed by atoms with E-state index >= 15 is 0 Å². The number of anilines is 2.